The molecular weight excluding hydrogens is 378 g/mol. The number of nitrogens with one attached hydrogen (secondary N) is 2. The number of aromatic nitrogens is 1. The van der Waals surface area contributed by atoms with Crippen molar-refractivity contribution in [2.75, 3.05) is 0 Å². The summed E-state index contributed by atoms with van der Waals surface area (Å²) in [6, 6.07) is 12.7. The molecule has 0 aliphatic rings. The zero-order valence-electron chi connectivity index (χ0n) is 13.1. The number of nitrogens with zero attached hydrogens (tertiary/aromatic N) is 1. The van der Waals surface area contributed by atoms with Gasteiger partial charge in [-0.1, -0.05) is 11.6 Å². The Morgan fingerprint density at radius 3 is 2.58 bits per heavy atom. The van der Waals surface area contributed by atoms with Crippen molar-refractivity contribution < 1.29 is 18.7 Å². The molecule has 9 heteroatoms. The van der Waals surface area contributed by atoms with Gasteiger partial charge in [0.2, 0.25) is 5.88 Å². The average molecular weight is 390 g/mol. The highest BCUT2D eigenvalue weighted by Crippen LogP contribution is 2.23. The third kappa shape index (κ3) is 5.01. The van der Waals surface area contributed by atoms with E-state index in [1.807, 2.05) is 0 Å². The van der Waals surface area contributed by atoms with Gasteiger partial charge in [-0.3, -0.25) is 14.8 Å². The molecule has 0 aliphatic carbocycles. The number of ether oxygens (including phenoxy) is 1. The summed E-state index contributed by atoms with van der Waals surface area (Å²) >= 11 is 6.82. The van der Waals surface area contributed by atoms with Crippen molar-refractivity contribution in [2.45, 2.75) is 4.90 Å². The van der Waals surface area contributed by atoms with Crippen LogP contribution >= 0.6 is 23.5 Å². The molecule has 132 valence electrons. The highest BCUT2D eigenvalue weighted by Gasteiger charge is 2.12. The fourth-order valence-electron chi connectivity index (χ4n) is 1.82. The fraction of sp³-hybridized carbons (Fsp3) is 0. The third-order valence-corrected chi connectivity index (χ3v) is 4.00. The lowest BCUT2D eigenvalue weighted by atomic mass is 10.3. The highest BCUT2D eigenvalue weighted by atomic mass is 35.5. The number of carbonyl (C=O) groups is 2. The minimum Gasteiger partial charge on any atom is -0.459 e. The van der Waals surface area contributed by atoms with E-state index < -0.39 is 11.9 Å². The van der Waals surface area contributed by atoms with Crippen LogP contribution in [0.15, 0.2) is 70.3 Å². The second kappa shape index (κ2) is 8.41. The molecule has 3 amide bonds. The van der Waals surface area contributed by atoms with Crippen molar-refractivity contribution in [2.24, 2.45) is 0 Å². The average Bonchev–Trinajstić information content (AvgIpc) is 3.18. The standard InChI is InChI=1S/C17H12ClN3O4S/c18-11-3-8-15(19-10-11)25-12-4-6-13(7-5-12)26-21-17(23)20-16(22)14-2-1-9-24-14/h1-10H,(H2,20,21,22,23). The maximum Gasteiger partial charge on any atom is 0.332 e. The van der Waals surface area contributed by atoms with Crippen LogP contribution in [0.5, 0.6) is 11.6 Å². The number of carbonyl (C=O) groups excluding carboxylic acids is 2. The number of furan rings is 1. The van der Waals surface area contributed by atoms with Crippen LogP contribution in [0.4, 0.5) is 4.79 Å². The molecule has 0 saturated heterocycles. The van der Waals surface area contributed by atoms with Crippen LogP contribution in [0.25, 0.3) is 0 Å². The van der Waals surface area contributed by atoms with Crippen LogP contribution in [-0.4, -0.2) is 16.9 Å². The van der Waals surface area contributed by atoms with E-state index in [-0.39, 0.29) is 5.76 Å². The van der Waals surface area contributed by atoms with Gasteiger partial charge in [-0.2, -0.15) is 0 Å². The monoisotopic (exact) mass is 389 g/mol. The van der Waals surface area contributed by atoms with Crippen LogP contribution in [0, 0.1) is 0 Å². The van der Waals surface area contributed by atoms with Gasteiger partial charge in [0.1, 0.15) is 5.75 Å². The molecule has 0 atom stereocenters. The summed E-state index contributed by atoms with van der Waals surface area (Å²) in [6.07, 6.45) is 2.85. The summed E-state index contributed by atoms with van der Waals surface area (Å²) in [7, 11) is 0. The lowest BCUT2D eigenvalue weighted by molar-refractivity contribution is 0.0938. The first-order valence-corrected chi connectivity index (χ1v) is 8.51. The minimum absolute atomic E-state index is 0.0578. The Hall–Kier alpha value is -2.97. The smallest absolute Gasteiger partial charge is 0.332 e. The van der Waals surface area contributed by atoms with Crippen molar-refractivity contribution in [1.29, 1.82) is 0 Å². The lowest BCUT2D eigenvalue weighted by Crippen LogP contribution is -2.36. The molecule has 0 radical (unpaired) electrons. The summed E-state index contributed by atoms with van der Waals surface area (Å²) in [5.74, 6) is 0.445. The van der Waals surface area contributed by atoms with Crippen LogP contribution in [-0.2, 0) is 0 Å². The summed E-state index contributed by atoms with van der Waals surface area (Å²) in [5.41, 5.74) is 0. The van der Waals surface area contributed by atoms with E-state index in [0.717, 1.165) is 16.8 Å². The van der Waals surface area contributed by atoms with Crippen molar-refractivity contribution in [3.8, 4) is 11.6 Å². The Bertz CT molecular complexity index is 883. The highest BCUT2D eigenvalue weighted by molar-refractivity contribution is 7.98. The van der Waals surface area contributed by atoms with E-state index in [2.05, 4.69) is 15.0 Å². The fourth-order valence-corrected chi connectivity index (χ4v) is 2.47. The second-order valence-electron chi connectivity index (χ2n) is 4.85. The van der Waals surface area contributed by atoms with E-state index in [1.54, 1.807) is 42.5 Å². The molecule has 0 unspecified atom stereocenters. The summed E-state index contributed by atoms with van der Waals surface area (Å²) < 4.78 is 13.0. The summed E-state index contributed by atoms with van der Waals surface area (Å²) in [6.45, 7) is 0. The number of imide groups is 1. The lowest BCUT2D eigenvalue weighted by Gasteiger charge is -2.07. The summed E-state index contributed by atoms with van der Waals surface area (Å²) in [5, 5.41) is 2.68. The number of rotatable bonds is 5. The first kappa shape index (κ1) is 17.8. The molecule has 2 heterocycles. The molecular formula is C17H12ClN3O4S. The largest absolute Gasteiger partial charge is 0.459 e. The molecule has 2 aromatic heterocycles. The van der Waals surface area contributed by atoms with E-state index >= 15 is 0 Å². The van der Waals surface area contributed by atoms with Gasteiger partial charge in [-0.25, -0.2) is 9.78 Å². The number of benzene rings is 1. The number of hydrogen-bond donors (Lipinski definition) is 2. The number of hydrogen-bond acceptors (Lipinski definition) is 6. The predicted molar refractivity (Wildman–Crippen MR) is 96.3 cm³/mol. The topological polar surface area (TPSA) is 93.5 Å². The van der Waals surface area contributed by atoms with Crippen molar-refractivity contribution >= 4 is 35.5 Å². The Balaban J connectivity index is 1.48. The Kier molecular flexibility index (Phi) is 5.77. The van der Waals surface area contributed by atoms with Crippen molar-refractivity contribution in [1.82, 2.24) is 15.0 Å². The first-order chi connectivity index (χ1) is 12.6. The molecule has 3 rings (SSSR count). The maximum absolute atomic E-state index is 11.7. The van der Waals surface area contributed by atoms with E-state index in [0.29, 0.717) is 16.7 Å². The van der Waals surface area contributed by atoms with Gasteiger partial charge >= 0.3 is 6.03 Å². The Morgan fingerprint density at radius 2 is 1.92 bits per heavy atom. The zero-order valence-corrected chi connectivity index (χ0v) is 14.7. The quantitative estimate of drug-likeness (QED) is 0.633. The van der Waals surface area contributed by atoms with E-state index in [9.17, 15) is 9.59 Å². The van der Waals surface area contributed by atoms with Crippen LogP contribution in [0.1, 0.15) is 10.6 Å². The van der Waals surface area contributed by atoms with Gasteiger partial charge in [0.05, 0.1) is 11.3 Å². The molecule has 0 spiro atoms. The summed E-state index contributed by atoms with van der Waals surface area (Å²) in [4.78, 5) is 28.2. The Morgan fingerprint density at radius 1 is 1.12 bits per heavy atom. The van der Waals surface area contributed by atoms with Gasteiger partial charge in [-0.05, 0) is 54.4 Å². The zero-order chi connectivity index (χ0) is 18.4. The Labute approximate surface area is 157 Å². The van der Waals surface area contributed by atoms with E-state index in [4.69, 9.17) is 20.8 Å². The molecule has 3 aromatic rings. The molecule has 26 heavy (non-hydrogen) atoms. The third-order valence-electron chi connectivity index (χ3n) is 2.98. The number of pyridine rings is 1. The number of halogens is 1. The van der Waals surface area contributed by atoms with Crippen LogP contribution < -0.4 is 14.8 Å². The van der Waals surface area contributed by atoms with Gasteiger partial charge in [0.25, 0.3) is 5.91 Å². The van der Waals surface area contributed by atoms with Crippen LogP contribution in [0.3, 0.4) is 0 Å². The molecule has 0 fully saturated rings. The van der Waals surface area contributed by atoms with Gasteiger partial charge in [0, 0.05) is 17.2 Å². The SMILES string of the molecule is O=C(NSc1ccc(Oc2ccc(Cl)cn2)cc1)NC(=O)c1ccco1. The molecule has 0 saturated carbocycles. The van der Waals surface area contributed by atoms with Crippen molar-refractivity contribution in [3.63, 3.8) is 0 Å². The molecule has 1 aromatic carbocycles. The van der Waals surface area contributed by atoms with Crippen molar-refractivity contribution in [3.05, 3.63) is 71.8 Å². The van der Waals surface area contributed by atoms with Gasteiger partial charge < -0.3 is 9.15 Å². The second-order valence-corrected chi connectivity index (χ2v) is 6.17. The molecule has 2 N–H and O–H groups in total. The van der Waals surface area contributed by atoms with Gasteiger partial charge in [-0.15, -0.1) is 0 Å². The molecule has 7 nitrogen and oxygen atoms in total. The molecule has 0 aliphatic heterocycles. The van der Waals surface area contributed by atoms with E-state index in [1.165, 1.54) is 18.5 Å². The number of amides is 3. The number of urea groups is 1. The molecule has 0 bridgehead atoms. The first-order valence-electron chi connectivity index (χ1n) is 7.31. The normalized spacial score (nSPS) is 10.2. The van der Waals surface area contributed by atoms with Crippen LogP contribution in [0.2, 0.25) is 5.02 Å². The van der Waals surface area contributed by atoms with Gasteiger partial charge in [0.15, 0.2) is 5.76 Å². The minimum atomic E-state index is -0.651. The predicted octanol–water partition coefficient (Wildman–Crippen LogP) is 4.27. The maximum atomic E-state index is 11.7.